The highest BCUT2D eigenvalue weighted by Crippen LogP contribution is 2.50. The van der Waals surface area contributed by atoms with E-state index >= 15 is 0 Å². The van der Waals surface area contributed by atoms with Gasteiger partial charge in [-0.3, -0.25) is 14.4 Å². The number of hydrogen-bond acceptors (Lipinski definition) is 7. The van der Waals surface area contributed by atoms with Gasteiger partial charge in [0.1, 0.15) is 11.3 Å². The van der Waals surface area contributed by atoms with E-state index in [9.17, 15) is 24.3 Å². The van der Waals surface area contributed by atoms with Crippen LogP contribution in [-0.2, 0) is 23.9 Å². The van der Waals surface area contributed by atoms with Gasteiger partial charge >= 0.3 is 23.9 Å². The molecule has 4 bridgehead atoms. The van der Waals surface area contributed by atoms with E-state index < -0.39 is 36.0 Å². The molecule has 36 heavy (non-hydrogen) atoms. The summed E-state index contributed by atoms with van der Waals surface area (Å²) >= 11 is 0. The fourth-order valence-electron chi connectivity index (χ4n) is 6.74. The highest BCUT2D eigenvalue weighted by molar-refractivity contribution is 5.94. The van der Waals surface area contributed by atoms with Crippen LogP contribution >= 0.6 is 0 Å². The summed E-state index contributed by atoms with van der Waals surface area (Å²) in [4.78, 5) is 51.1. The summed E-state index contributed by atoms with van der Waals surface area (Å²) in [6, 6.07) is 3.21. The van der Waals surface area contributed by atoms with Gasteiger partial charge in [0.2, 0.25) is 6.29 Å². The quantitative estimate of drug-likeness (QED) is 0.354. The molecule has 1 aromatic carbocycles. The minimum absolute atomic E-state index is 0.00274. The molecule has 192 valence electrons. The Morgan fingerprint density at radius 3 is 2.36 bits per heavy atom. The number of carbonyl (C=O) groups is 4. The Hall–Kier alpha value is -3.16. The van der Waals surface area contributed by atoms with Gasteiger partial charge < -0.3 is 19.3 Å². The predicted octanol–water partition coefficient (Wildman–Crippen LogP) is 4.21. The minimum Gasteiger partial charge on any atom is -0.478 e. The number of allylic oxidation sites excluding steroid dienone is 2. The summed E-state index contributed by atoms with van der Waals surface area (Å²) in [6.07, 6.45) is 6.79. The molecule has 1 saturated heterocycles. The fourth-order valence-corrected chi connectivity index (χ4v) is 6.74. The second-order valence-corrected chi connectivity index (χ2v) is 10.9. The number of benzene rings is 1. The van der Waals surface area contributed by atoms with Crippen molar-refractivity contribution in [3.63, 3.8) is 0 Å². The molecule has 8 atom stereocenters. The molecule has 8 heteroatoms. The van der Waals surface area contributed by atoms with Gasteiger partial charge in [-0.1, -0.05) is 31.6 Å². The van der Waals surface area contributed by atoms with Crippen LogP contribution < -0.4 is 4.74 Å². The van der Waals surface area contributed by atoms with Gasteiger partial charge in [0.15, 0.2) is 0 Å². The number of esters is 3. The number of aromatic carboxylic acids is 1. The SMILES string of the molecule is CCC1CC2CC(C1)C(OC(=O)C1C3C=CC(C3)C1C(=O)Oc1c(C)cc(C)cc1C(=O)O)OC2=O. The van der Waals surface area contributed by atoms with E-state index in [0.29, 0.717) is 24.3 Å². The van der Waals surface area contributed by atoms with Crippen LogP contribution in [0.4, 0.5) is 0 Å². The van der Waals surface area contributed by atoms with Crippen LogP contribution in [0.25, 0.3) is 0 Å². The fraction of sp³-hybridized carbons (Fsp3) is 0.571. The molecule has 0 radical (unpaired) electrons. The lowest BCUT2D eigenvalue weighted by atomic mass is 9.72. The number of carbonyl (C=O) groups excluding carboxylic acids is 3. The molecule has 0 amide bonds. The van der Waals surface area contributed by atoms with Gasteiger partial charge in [-0.05, 0) is 74.5 Å². The Kier molecular flexibility index (Phi) is 6.39. The second-order valence-electron chi connectivity index (χ2n) is 10.9. The third kappa shape index (κ3) is 4.31. The van der Waals surface area contributed by atoms with Crippen LogP contribution in [0.15, 0.2) is 24.3 Å². The maximum atomic E-state index is 13.4. The standard InChI is InChI=1S/C28H32O8/c1-4-15-9-18-12-19(10-15)28(35-25(18)31)36-27(33)22-17-6-5-16(11-17)21(22)26(32)34-23-14(3)7-13(2)8-20(23)24(29)30/h5-8,15-19,21-22,28H,4,9-12H2,1-3H3,(H,29,30). The van der Waals surface area contributed by atoms with Crippen LogP contribution in [0, 0.1) is 55.3 Å². The first kappa shape index (κ1) is 24.5. The summed E-state index contributed by atoms with van der Waals surface area (Å²) in [5.41, 5.74) is 1.18. The average Bonchev–Trinajstić information content (AvgIpc) is 3.45. The number of ether oxygens (including phenoxy) is 3. The van der Waals surface area contributed by atoms with E-state index in [4.69, 9.17) is 14.2 Å². The molecule has 3 fully saturated rings. The van der Waals surface area contributed by atoms with Gasteiger partial charge in [-0.15, -0.1) is 0 Å². The summed E-state index contributed by atoms with van der Waals surface area (Å²) in [5.74, 6) is -4.45. The van der Waals surface area contributed by atoms with Gasteiger partial charge in [-0.25, -0.2) is 4.79 Å². The van der Waals surface area contributed by atoms with E-state index in [1.807, 2.05) is 12.2 Å². The third-order valence-electron chi connectivity index (χ3n) is 8.46. The molecule has 4 aliphatic rings. The topological polar surface area (TPSA) is 116 Å². The number of carboxylic acids is 1. The van der Waals surface area contributed by atoms with E-state index in [1.165, 1.54) is 6.07 Å². The zero-order valence-electron chi connectivity index (χ0n) is 20.8. The maximum absolute atomic E-state index is 13.4. The number of aryl methyl sites for hydroxylation is 2. The van der Waals surface area contributed by atoms with Gasteiger partial charge in [0.25, 0.3) is 0 Å². The van der Waals surface area contributed by atoms with Crippen LogP contribution in [0.2, 0.25) is 0 Å². The Balaban J connectivity index is 1.35. The number of fused-ring (bicyclic) bond motifs is 4. The van der Waals surface area contributed by atoms with Crippen molar-refractivity contribution in [3.8, 4) is 5.75 Å². The Bertz CT molecular complexity index is 1140. The van der Waals surface area contributed by atoms with E-state index in [0.717, 1.165) is 24.8 Å². The third-order valence-corrected chi connectivity index (χ3v) is 8.46. The zero-order valence-corrected chi connectivity index (χ0v) is 20.8. The van der Waals surface area contributed by atoms with Gasteiger partial charge in [0, 0.05) is 5.92 Å². The van der Waals surface area contributed by atoms with Crippen molar-refractivity contribution < 1.29 is 38.5 Å². The monoisotopic (exact) mass is 496 g/mol. The molecule has 8 nitrogen and oxygen atoms in total. The van der Waals surface area contributed by atoms with E-state index in [-0.39, 0.29) is 41.0 Å². The molecule has 8 unspecified atom stereocenters. The maximum Gasteiger partial charge on any atom is 0.339 e. The molecule has 1 aliphatic heterocycles. The lowest BCUT2D eigenvalue weighted by Crippen LogP contribution is -2.47. The minimum atomic E-state index is -1.19. The molecular formula is C28H32O8. The molecule has 1 heterocycles. The molecule has 1 aromatic rings. The Morgan fingerprint density at radius 2 is 1.69 bits per heavy atom. The second kappa shape index (κ2) is 9.37. The molecule has 0 aromatic heterocycles. The normalized spacial score (nSPS) is 34.2. The Labute approximate surface area is 210 Å². The van der Waals surface area contributed by atoms with Crippen LogP contribution in [0.1, 0.15) is 60.5 Å². The highest BCUT2D eigenvalue weighted by atomic mass is 16.7. The molecule has 1 N–H and O–H groups in total. The first-order chi connectivity index (χ1) is 17.2. The molecule has 3 aliphatic carbocycles. The number of hydrogen-bond donors (Lipinski definition) is 1. The first-order valence-corrected chi connectivity index (χ1v) is 12.8. The van der Waals surface area contributed by atoms with Crippen LogP contribution in [0.3, 0.4) is 0 Å². The van der Waals surface area contributed by atoms with Crippen molar-refractivity contribution >= 4 is 23.9 Å². The molecule has 0 spiro atoms. The van der Waals surface area contributed by atoms with Crippen LogP contribution in [0.5, 0.6) is 5.75 Å². The van der Waals surface area contributed by atoms with Gasteiger partial charge in [-0.2, -0.15) is 0 Å². The predicted molar refractivity (Wildman–Crippen MR) is 127 cm³/mol. The lowest BCUT2D eigenvalue weighted by molar-refractivity contribution is -0.224. The largest absolute Gasteiger partial charge is 0.478 e. The summed E-state index contributed by atoms with van der Waals surface area (Å²) in [6.45, 7) is 5.56. The highest BCUT2D eigenvalue weighted by Gasteiger charge is 2.55. The summed E-state index contributed by atoms with van der Waals surface area (Å²) < 4.78 is 17.0. The summed E-state index contributed by atoms with van der Waals surface area (Å²) in [5, 5.41) is 9.63. The average molecular weight is 497 g/mol. The van der Waals surface area contributed by atoms with Crippen molar-refractivity contribution in [2.75, 3.05) is 0 Å². The van der Waals surface area contributed by atoms with Crippen molar-refractivity contribution in [1.82, 2.24) is 0 Å². The number of rotatable bonds is 6. The van der Waals surface area contributed by atoms with Crippen molar-refractivity contribution in [2.24, 2.45) is 41.4 Å². The number of carboxylic acid groups (broad SMARTS) is 1. The Morgan fingerprint density at radius 1 is 1.00 bits per heavy atom. The zero-order chi connectivity index (χ0) is 25.7. The first-order valence-electron chi connectivity index (χ1n) is 12.8. The molecular weight excluding hydrogens is 464 g/mol. The van der Waals surface area contributed by atoms with E-state index in [2.05, 4.69) is 6.92 Å². The lowest BCUT2D eigenvalue weighted by Gasteiger charge is -2.41. The van der Waals surface area contributed by atoms with Crippen molar-refractivity contribution in [3.05, 3.63) is 41.0 Å². The molecule has 5 rings (SSSR count). The van der Waals surface area contributed by atoms with Crippen LogP contribution in [-0.4, -0.2) is 35.3 Å². The van der Waals surface area contributed by atoms with E-state index in [1.54, 1.807) is 19.9 Å². The number of cyclic esters (lactones) is 1. The molecule has 2 saturated carbocycles. The van der Waals surface area contributed by atoms with Crippen molar-refractivity contribution in [1.29, 1.82) is 0 Å². The van der Waals surface area contributed by atoms with Crippen molar-refractivity contribution in [2.45, 2.75) is 59.2 Å². The summed E-state index contributed by atoms with van der Waals surface area (Å²) in [7, 11) is 0. The van der Waals surface area contributed by atoms with Gasteiger partial charge in [0.05, 0.1) is 17.8 Å². The smallest absolute Gasteiger partial charge is 0.339 e.